The molecule has 0 unspecified atom stereocenters. The summed E-state index contributed by atoms with van der Waals surface area (Å²) < 4.78 is 0. The highest BCUT2D eigenvalue weighted by atomic mass is 15.1. The Morgan fingerprint density at radius 3 is 1.87 bits per heavy atom. The first-order chi connectivity index (χ1) is 7.04. The largest absolute Gasteiger partial charge is 0.303 e. The Morgan fingerprint density at radius 2 is 1.53 bits per heavy atom. The summed E-state index contributed by atoms with van der Waals surface area (Å²) >= 11 is 0. The van der Waals surface area contributed by atoms with E-state index in [0.717, 1.165) is 5.92 Å². The van der Waals surface area contributed by atoms with Gasteiger partial charge in [-0.15, -0.1) is 0 Å². The third kappa shape index (κ3) is 5.55. The van der Waals surface area contributed by atoms with Crippen LogP contribution in [-0.2, 0) is 0 Å². The molecule has 0 aromatic heterocycles. The Balaban J connectivity index is 0.000000921. The lowest BCUT2D eigenvalue weighted by molar-refractivity contribution is 0.112. The van der Waals surface area contributed by atoms with Crippen molar-refractivity contribution in [3.63, 3.8) is 0 Å². The molecule has 1 heterocycles. The van der Waals surface area contributed by atoms with Crippen LogP contribution in [0.15, 0.2) is 0 Å². The highest BCUT2D eigenvalue weighted by Crippen LogP contribution is 2.34. The second kappa shape index (κ2) is 7.27. The summed E-state index contributed by atoms with van der Waals surface area (Å²) in [4.78, 5) is 2.61. The fourth-order valence-corrected chi connectivity index (χ4v) is 2.34. The highest BCUT2D eigenvalue weighted by molar-refractivity contribution is 4.80. The van der Waals surface area contributed by atoms with Crippen molar-refractivity contribution in [3.8, 4) is 0 Å². The smallest absolute Gasteiger partial charge is 0.00159 e. The van der Waals surface area contributed by atoms with E-state index in [1.54, 1.807) is 0 Å². The van der Waals surface area contributed by atoms with Gasteiger partial charge in [-0.3, -0.25) is 0 Å². The summed E-state index contributed by atoms with van der Waals surface area (Å²) in [6, 6.07) is 0. The molecular weight excluding hydrogens is 182 g/mol. The van der Waals surface area contributed by atoms with E-state index in [4.69, 9.17) is 0 Å². The highest BCUT2D eigenvalue weighted by Gasteiger charge is 2.28. The maximum atomic E-state index is 2.61. The number of likely N-dealkylation sites (tertiary alicyclic amines) is 1. The lowest BCUT2D eigenvalue weighted by Gasteiger charge is -2.38. The van der Waals surface area contributed by atoms with Gasteiger partial charge in [0.05, 0.1) is 0 Å². The zero-order chi connectivity index (χ0) is 11.9. The molecule has 1 rings (SSSR count). The summed E-state index contributed by atoms with van der Waals surface area (Å²) in [5.41, 5.74) is 0.526. The lowest BCUT2D eigenvalue weighted by atomic mass is 9.75. The van der Waals surface area contributed by atoms with Crippen molar-refractivity contribution < 1.29 is 0 Å². The molecule has 1 aliphatic heterocycles. The number of nitrogens with zero attached hydrogens (tertiary/aromatic N) is 1. The normalized spacial score (nSPS) is 19.6. The molecule has 92 valence electrons. The van der Waals surface area contributed by atoms with Crippen molar-refractivity contribution in [2.75, 3.05) is 19.6 Å². The van der Waals surface area contributed by atoms with E-state index < -0.39 is 0 Å². The molecule has 0 radical (unpaired) electrons. The van der Waals surface area contributed by atoms with Crippen LogP contribution in [0.4, 0.5) is 0 Å². The van der Waals surface area contributed by atoms with Gasteiger partial charge >= 0.3 is 0 Å². The first kappa shape index (κ1) is 15.0. The van der Waals surface area contributed by atoms with Gasteiger partial charge < -0.3 is 4.90 Å². The minimum absolute atomic E-state index is 0.526. The van der Waals surface area contributed by atoms with Crippen molar-refractivity contribution in [1.29, 1.82) is 0 Å². The molecule has 15 heavy (non-hydrogen) atoms. The molecule has 1 nitrogen and oxygen atoms in total. The molecule has 1 heteroatoms. The molecule has 0 amide bonds. The molecule has 0 aromatic rings. The number of hydrogen-bond donors (Lipinski definition) is 0. The molecule has 0 aliphatic carbocycles. The van der Waals surface area contributed by atoms with Gasteiger partial charge in [-0.25, -0.2) is 0 Å². The average molecular weight is 213 g/mol. The number of hydrogen-bond acceptors (Lipinski definition) is 1. The van der Waals surface area contributed by atoms with Crippen molar-refractivity contribution in [1.82, 2.24) is 4.90 Å². The summed E-state index contributed by atoms with van der Waals surface area (Å²) in [6.07, 6.45) is 4.12. The van der Waals surface area contributed by atoms with Gasteiger partial charge in [0.2, 0.25) is 0 Å². The topological polar surface area (TPSA) is 3.24 Å². The fraction of sp³-hybridized carbons (Fsp3) is 1.00. The van der Waals surface area contributed by atoms with Crippen LogP contribution >= 0.6 is 0 Å². The lowest BCUT2D eigenvalue weighted by Crippen LogP contribution is -2.38. The van der Waals surface area contributed by atoms with Gasteiger partial charge in [0.25, 0.3) is 0 Å². The zero-order valence-electron chi connectivity index (χ0n) is 11.8. The Bertz CT molecular complexity index is 138. The molecule has 1 saturated heterocycles. The Hall–Kier alpha value is -0.0400. The van der Waals surface area contributed by atoms with E-state index in [9.17, 15) is 0 Å². The van der Waals surface area contributed by atoms with Crippen LogP contribution in [0.2, 0.25) is 0 Å². The average Bonchev–Trinajstić information content (AvgIpc) is 2.21. The molecule has 0 aromatic carbocycles. The van der Waals surface area contributed by atoms with Crippen LogP contribution in [0.1, 0.15) is 60.8 Å². The van der Waals surface area contributed by atoms with Gasteiger partial charge in [-0.1, -0.05) is 41.5 Å². The SMILES string of the molecule is CC.CCCN1CCC(C(C)(C)C)CC1. The van der Waals surface area contributed by atoms with Crippen molar-refractivity contribution >= 4 is 0 Å². The third-order valence-corrected chi connectivity index (χ3v) is 3.35. The first-order valence-electron chi connectivity index (χ1n) is 6.76. The minimum atomic E-state index is 0.526. The van der Waals surface area contributed by atoms with Crippen molar-refractivity contribution in [2.24, 2.45) is 11.3 Å². The molecule has 0 N–H and O–H groups in total. The molecule has 0 atom stereocenters. The minimum Gasteiger partial charge on any atom is -0.303 e. The van der Waals surface area contributed by atoms with Gasteiger partial charge in [-0.2, -0.15) is 0 Å². The van der Waals surface area contributed by atoms with E-state index in [0.29, 0.717) is 5.41 Å². The van der Waals surface area contributed by atoms with Crippen molar-refractivity contribution in [3.05, 3.63) is 0 Å². The van der Waals surface area contributed by atoms with E-state index in [2.05, 4.69) is 32.6 Å². The molecule has 1 aliphatic rings. The van der Waals surface area contributed by atoms with Crippen LogP contribution < -0.4 is 0 Å². The van der Waals surface area contributed by atoms with Crippen LogP contribution in [0.25, 0.3) is 0 Å². The van der Waals surface area contributed by atoms with E-state index >= 15 is 0 Å². The van der Waals surface area contributed by atoms with E-state index in [-0.39, 0.29) is 0 Å². The number of piperidine rings is 1. The van der Waals surface area contributed by atoms with E-state index in [1.807, 2.05) is 13.8 Å². The van der Waals surface area contributed by atoms with Crippen LogP contribution in [-0.4, -0.2) is 24.5 Å². The second-order valence-corrected chi connectivity index (χ2v) is 5.48. The van der Waals surface area contributed by atoms with Gasteiger partial charge in [0, 0.05) is 0 Å². The Morgan fingerprint density at radius 1 is 1.07 bits per heavy atom. The molecule has 0 spiro atoms. The van der Waals surface area contributed by atoms with Gasteiger partial charge in [0.15, 0.2) is 0 Å². The van der Waals surface area contributed by atoms with Gasteiger partial charge in [-0.05, 0) is 50.2 Å². The van der Waals surface area contributed by atoms with E-state index in [1.165, 1.54) is 38.9 Å². The zero-order valence-corrected chi connectivity index (χ0v) is 11.8. The fourth-order valence-electron chi connectivity index (χ4n) is 2.34. The van der Waals surface area contributed by atoms with Crippen LogP contribution in [0.3, 0.4) is 0 Å². The molecular formula is C14H31N. The predicted octanol–water partition coefficient (Wildman–Crippen LogP) is 4.18. The monoisotopic (exact) mass is 213 g/mol. The summed E-state index contributed by atoms with van der Waals surface area (Å²) in [5, 5.41) is 0. The summed E-state index contributed by atoms with van der Waals surface area (Å²) in [6.45, 7) is 17.4. The third-order valence-electron chi connectivity index (χ3n) is 3.35. The molecule has 0 saturated carbocycles. The molecule has 1 fully saturated rings. The Kier molecular flexibility index (Phi) is 7.25. The summed E-state index contributed by atoms with van der Waals surface area (Å²) in [5.74, 6) is 0.945. The van der Waals surface area contributed by atoms with Crippen LogP contribution in [0, 0.1) is 11.3 Å². The maximum absolute atomic E-state index is 2.61. The van der Waals surface area contributed by atoms with Crippen LogP contribution in [0.5, 0.6) is 0 Å². The first-order valence-corrected chi connectivity index (χ1v) is 6.76. The quantitative estimate of drug-likeness (QED) is 0.665. The maximum Gasteiger partial charge on any atom is -0.00159 e. The predicted molar refractivity (Wildman–Crippen MR) is 70.3 cm³/mol. The second-order valence-electron chi connectivity index (χ2n) is 5.48. The number of rotatable bonds is 2. The summed E-state index contributed by atoms with van der Waals surface area (Å²) in [7, 11) is 0. The van der Waals surface area contributed by atoms with Crippen molar-refractivity contribution in [2.45, 2.75) is 60.8 Å². The van der Waals surface area contributed by atoms with Gasteiger partial charge in [0.1, 0.15) is 0 Å². The standard InChI is InChI=1S/C12H25N.C2H6/c1-5-8-13-9-6-11(7-10-13)12(2,3)4;1-2/h11H,5-10H2,1-4H3;1-2H3. The Labute approximate surface area is 97.2 Å². The molecule has 0 bridgehead atoms.